The molecule has 0 saturated heterocycles. The van der Waals surface area contributed by atoms with Crippen molar-refractivity contribution in [3.63, 3.8) is 0 Å². The molecule has 8 nitrogen and oxygen atoms in total. The topological polar surface area (TPSA) is 114 Å². The smallest absolute Gasteiger partial charge is 0.330 e. The normalized spacial score (nSPS) is 11.4. The lowest BCUT2D eigenvalue weighted by Gasteiger charge is -2.24. The van der Waals surface area contributed by atoms with Crippen molar-refractivity contribution in [2.24, 2.45) is 5.92 Å². The van der Waals surface area contributed by atoms with Crippen LogP contribution in [0, 0.1) is 12.8 Å². The zero-order valence-electron chi connectivity index (χ0n) is 18.1. The molecule has 166 valence electrons. The number of furan rings is 1. The average molecular weight is 447 g/mol. The number of rotatable bonds is 7. The van der Waals surface area contributed by atoms with E-state index in [-0.39, 0.29) is 29.7 Å². The Balaban J connectivity index is 2.19. The second kappa shape index (κ2) is 9.01. The third kappa shape index (κ3) is 4.25. The highest BCUT2D eigenvalue weighted by molar-refractivity contribution is 6.35. The Bertz CT molecular complexity index is 1240. The molecule has 3 rings (SSSR count). The lowest BCUT2D eigenvalue weighted by Crippen LogP contribution is -2.42. The maximum atomic E-state index is 13.6. The summed E-state index contributed by atoms with van der Waals surface area (Å²) in [4.78, 5) is 42.2. The van der Waals surface area contributed by atoms with Crippen LogP contribution in [0.4, 0.5) is 11.5 Å². The molecular weight excluding hydrogens is 420 g/mol. The molecule has 2 heterocycles. The minimum atomic E-state index is -0.709. The van der Waals surface area contributed by atoms with E-state index in [0.717, 1.165) is 11.8 Å². The Labute approximate surface area is 184 Å². The number of nitrogen functional groups attached to an aromatic ring is 1. The number of hydrogen-bond donors (Lipinski definition) is 2. The van der Waals surface area contributed by atoms with Gasteiger partial charge in [-0.05, 0) is 25.3 Å². The maximum Gasteiger partial charge on any atom is 0.330 e. The summed E-state index contributed by atoms with van der Waals surface area (Å²) >= 11 is 6.23. The first-order valence-corrected chi connectivity index (χ1v) is 10.7. The van der Waals surface area contributed by atoms with Crippen molar-refractivity contribution in [3.05, 3.63) is 55.4 Å². The fourth-order valence-electron chi connectivity index (χ4n) is 3.55. The number of anilines is 2. The number of carbonyl (C=O) groups is 1. The minimum absolute atomic E-state index is 0.0429. The van der Waals surface area contributed by atoms with Crippen LogP contribution in [-0.4, -0.2) is 22.0 Å². The third-order valence-corrected chi connectivity index (χ3v) is 5.42. The van der Waals surface area contributed by atoms with Crippen LogP contribution in [0.2, 0.25) is 5.02 Å². The number of H-pyrrole nitrogens is 1. The van der Waals surface area contributed by atoms with Gasteiger partial charge >= 0.3 is 5.69 Å². The number of unbranched alkanes of at least 4 members (excludes halogenated alkanes) is 1. The Morgan fingerprint density at radius 3 is 2.65 bits per heavy atom. The van der Waals surface area contributed by atoms with Crippen LogP contribution >= 0.6 is 11.6 Å². The second-order valence-electron chi connectivity index (χ2n) is 7.98. The molecule has 0 aliphatic rings. The van der Waals surface area contributed by atoms with Gasteiger partial charge in [-0.25, -0.2) is 4.79 Å². The first-order valence-electron chi connectivity index (χ1n) is 10.3. The number of para-hydroxylation sites is 1. The molecule has 0 radical (unpaired) electrons. The number of aromatic nitrogens is 2. The first kappa shape index (κ1) is 22.7. The van der Waals surface area contributed by atoms with E-state index in [1.807, 2.05) is 26.8 Å². The number of nitrogens with zero attached hydrogens (tertiary/aromatic N) is 2. The molecule has 1 aromatic carbocycles. The molecule has 0 spiro atoms. The fraction of sp³-hybridized carbons (Fsp3) is 0.409. The van der Waals surface area contributed by atoms with E-state index in [9.17, 15) is 14.4 Å². The Hall–Kier alpha value is -3.00. The Morgan fingerprint density at radius 2 is 2.03 bits per heavy atom. The van der Waals surface area contributed by atoms with Gasteiger partial charge < -0.3 is 10.2 Å². The van der Waals surface area contributed by atoms with Crippen molar-refractivity contribution >= 4 is 40.0 Å². The summed E-state index contributed by atoms with van der Waals surface area (Å²) in [6.07, 6.45) is 1.42. The van der Waals surface area contributed by atoms with Gasteiger partial charge in [-0.3, -0.25) is 24.0 Å². The van der Waals surface area contributed by atoms with Gasteiger partial charge in [-0.2, -0.15) is 0 Å². The van der Waals surface area contributed by atoms with E-state index >= 15 is 0 Å². The molecule has 0 atom stereocenters. The highest BCUT2D eigenvalue weighted by atomic mass is 35.5. The number of nitrogens with two attached hydrogens (primary N) is 1. The lowest BCUT2D eigenvalue weighted by atomic mass is 10.1. The van der Waals surface area contributed by atoms with Crippen LogP contribution in [0.25, 0.3) is 11.0 Å². The molecule has 0 aliphatic carbocycles. The van der Waals surface area contributed by atoms with Gasteiger partial charge in [0.05, 0.1) is 5.02 Å². The average Bonchev–Trinajstić information content (AvgIpc) is 3.05. The number of aryl methyl sites for hydroxylation is 1. The van der Waals surface area contributed by atoms with Gasteiger partial charge in [-0.15, -0.1) is 0 Å². The number of benzene rings is 1. The predicted molar refractivity (Wildman–Crippen MR) is 123 cm³/mol. The molecule has 0 saturated carbocycles. The molecule has 2 aromatic heterocycles. The third-order valence-electron chi connectivity index (χ3n) is 5.12. The summed E-state index contributed by atoms with van der Waals surface area (Å²) in [6, 6.07) is 5.28. The highest BCUT2D eigenvalue weighted by Gasteiger charge is 2.29. The van der Waals surface area contributed by atoms with Crippen LogP contribution < -0.4 is 21.9 Å². The Morgan fingerprint density at radius 1 is 1.32 bits per heavy atom. The quantitative estimate of drug-likeness (QED) is 0.570. The van der Waals surface area contributed by atoms with Crippen LogP contribution in [0.3, 0.4) is 0 Å². The molecular formula is C22H27ClN4O4. The number of fused-ring (bicyclic) bond motifs is 1. The van der Waals surface area contributed by atoms with Gasteiger partial charge in [0.2, 0.25) is 0 Å². The van der Waals surface area contributed by atoms with E-state index in [1.54, 1.807) is 19.1 Å². The minimum Gasteiger partial charge on any atom is -0.449 e. The molecule has 0 aliphatic heterocycles. The highest BCUT2D eigenvalue weighted by Crippen LogP contribution is 2.32. The van der Waals surface area contributed by atoms with E-state index in [1.165, 1.54) is 9.47 Å². The van der Waals surface area contributed by atoms with Crippen LogP contribution in [0.15, 0.2) is 32.2 Å². The zero-order valence-corrected chi connectivity index (χ0v) is 18.9. The monoisotopic (exact) mass is 446 g/mol. The molecule has 31 heavy (non-hydrogen) atoms. The zero-order chi connectivity index (χ0) is 22.9. The number of amides is 1. The summed E-state index contributed by atoms with van der Waals surface area (Å²) in [7, 11) is 0. The van der Waals surface area contributed by atoms with Gasteiger partial charge in [0.1, 0.15) is 5.82 Å². The molecule has 0 bridgehead atoms. The van der Waals surface area contributed by atoms with E-state index in [2.05, 4.69) is 4.98 Å². The SMILES string of the molecule is CCCCN(C(=O)c1oc2c(Cl)cccc2c1C)c1c(N)n(CC(C)C)c(=O)[nH]c1=O. The molecule has 1 amide bonds. The number of nitrogens with one attached hydrogen (secondary N) is 1. The largest absolute Gasteiger partial charge is 0.449 e. The molecule has 0 unspecified atom stereocenters. The van der Waals surface area contributed by atoms with Crippen LogP contribution in [-0.2, 0) is 6.54 Å². The number of carbonyl (C=O) groups excluding carboxylic acids is 1. The van der Waals surface area contributed by atoms with Crippen molar-refractivity contribution in [2.75, 3.05) is 17.2 Å². The van der Waals surface area contributed by atoms with Crippen LogP contribution in [0.5, 0.6) is 0 Å². The predicted octanol–water partition coefficient (Wildman–Crippen LogP) is 3.93. The first-order chi connectivity index (χ1) is 14.7. The molecule has 9 heteroatoms. The van der Waals surface area contributed by atoms with Crippen molar-refractivity contribution in [1.29, 1.82) is 0 Å². The standard InChI is InChI=1S/C22H27ClN4O4/c1-5-6-10-26(16-19(24)27(11-12(2)3)22(30)25-20(16)28)21(29)17-13(4)14-8-7-9-15(23)18(14)31-17/h7-9,12H,5-6,10-11,24H2,1-4H3,(H,25,28,30). The van der Waals surface area contributed by atoms with Crippen LogP contribution in [0.1, 0.15) is 49.7 Å². The van der Waals surface area contributed by atoms with Crippen molar-refractivity contribution in [3.8, 4) is 0 Å². The summed E-state index contributed by atoms with van der Waals surface area (Å²) < 4.78 is 7.12. The molecule has 3 N–H and O–H groups in total. The summed E-state index contributed by atoms with van der Waals surface area (Å²) in [5.74, 6) is -0.359. The van der Waals surface area contributed by atoms with E-state index < -0.39 is 17.2 Å². The molecule has 3 aromatic rings. The number of halogens is 1. The van der Waals surface area contributed by atoms with Gasteiger partial charge in [0.15, 0.2) is 17.0 Å². The Kier molecular flexibility index (Phi) is 6.59. The second-order valence-corrected chi connectivity index (χ2v) is 8.39. The fourth-order valence-corrected chi connectivity index (χ4v) is 3.76. The number of aromatic amines is 1. The maximum absolute atomic E-state index is 13.6. The van der Waals surface area contributed by atoms with E-state index in [4.69, 9.17) is 21.8 Å². The van der Waals surface area contributed by atoms with Gasteiger partial charge in [0, 0.05) is 24.0 Å². The van der Waals surface area contributed by atoms with Crippen molar-refractivity contribution in [1.82, 2.24) is 9.55 Å². The summed E-state index contributed by atoms with van der Waals surface area (Å²) in [5.41, 5.74) is 5.92. The van der Waals surface area contributed by atoms with Crippen molar-refractivity contribution < 1.29 is 9.21 Å². The summed E-state index contributed by atoms with van der Waals surface area (Å²) in [5, 5.41) is 1.11. The van der Waals surface area contributed by atoms with Gasteiger partial charge in [-0.1, -0.05) is 50.9 Å². The van der Waals surface area contributed by atoms with E-state index in [0.29, 0.717) is 29.1 Å². The lowest BCUT2D eigenvalue weighted by molar-refractivity contribution is 0.0961. The summed E-state index contributed by atoms with van der Waals surface area (Å²) in [6.45, 7) is 8.15. The van der Waals surface area contributed by atoms with Crippen molar-refractivity contribution in [2.45, 2.75) is 47.1 Å². The number of hydrogen-bond acceptors (Lipinski definition) is 5. The van der Waals surface area contributed by atoms with Gasteiger partial charge in [0.25, 0.3) is 11.5 Å². The molecule has 0 fully saturated rings.